The lowest BCUT2D eigenvalue weighted by Crippen LogP contribution is -2.29. The van der Waals surface area contributed by atoms with E-state index in [2.05, 4.69) is 29.6 Å². The molecule has 0 saturated heterocycles. The van der Waals surface area contributed by atoms with Crippen LogP contribution >= 0.6 is 0 Å². The zero-order chi connectivity index (χ0) is 14.7. The highest BCUT2D eigenvalue weighted by atomic mass is 16.1. The summed E-state index contributed by atoms with van der Waals surface area (Å²) in [5.41, 5.74) is 2.61. The third kappa shape index (κ3) is 3.87. The molecule has 0 aliphatic heterocycles. The minimum absolute atomic E-state index is 0.0335. The summed E-state index contributed by atoms with van der Waals surface area (Å²) in [7, 11) is 0. The average molecular weight is 285 g/mol. The van der Waals surface area contributed by atoms with E-state index in [0.717, 1.165) is 24.3 Å². The SMILES string of the molecule is CC(C(=O)NC1CC1)c1ccc(C2CCCCCC2)cc1. The van der Waals surface area contributed by atoms with E-state index in [9.17, 15) is 4.79 Å². The Morgan fingerprint density at radius 3 is 2.19 bits per heavy atom. The van der Waals surface area contributed by atoms with Crippen LogP contribution in [0, 0.1) is 0 Å². The van der Waals surface area contributed by atoms with E-state index in [1.807, 2.05) is 6.92 Å². The Morgan fingerprint density at radius 2 is 1.62 bits per heavy atom. The van der Waals surface area contributed by atoms with E-state index in [-0.39, 0.29) is 11.8 Å². The fraction of sp³-hybridized carbons (Fsp3) is 0.632. The second-order valence-electron chi connectivity index (χ2n) is 6.86. The van der Waals surface area contributed by atoms with Crippen molar-refractivity contribution < 1.29 is 4.79 Å². The van der Waals surface area contributed by atoms with Crippen LogP contribution in [0.15, 0.2) is 24.3 Å². The third-order valence-electron chi connectivity index (χ3n) is 5.08. The molecule has 114 valence electrons. The van der Waals surface area contributed by atoms with Gasteiger partial charge in [0.1, 0.15) is 0 Å². The number of carbonyl (C=O) groups excluding carboxylic acids is 1. The van der Waals surface area contributed by atoms with Crippen molar-refractivity contribution in [3.05, 3.63) is 35.4 Å². The van der Waals surface area contributed by atoms with Crippen LogP contribution in [0.3, 0.4) is 0 Å². The summed E-state index contributed by atoms with van der Waals surface area (Å²) in [6.07, 6.45) is 10.5. The highest BCUT2D eigenvalue weighted by Gasteiger charge is 2.26. The molecule has 3 rings (SSSR count). The molecular formula is C19H27NO. The monoisotopic (exact) mass is 285 g/mol. The molecule has 0 heterocycles. The van der Waals surface area contributed by atoms with Crippen LogP contribution in [0.25, 0.3) is 0 Å². The molecule has 1 amide bonds. The normalized spacial score (nSPS) is 21.6. The van der Waals surface area contributed by atoms with Crippen LogP contribution in [-0.4, -0.2) is 11.9 Å². The number of nitrogens with one attached hydrogen (secondary N) is 1. The summed E-state index contributed by atoms with van der Waals surface area (Å²) in [4.78, 5) is 12.1. The van der Waals surface area contributed by atoms with Crippen molar-refractivity contribution in [3.63, 3.8) is 0 Å². The molecule has 1 unspecified atom stereocenters. The Hall–Kier alpha value is -1.31. The Morgan fingerprint density at radius 1 is 1.00 bits per heavy atom. The summed E-state index contributed by atoms with van der Waals surface area (Å²) < 4.78 is 0. The number of hydrogen-bond acceptors (Lipinski definition) is 1. The predicted molar refractivity (Wildman–Crippen MR) is 86.5 cm³/mol. The van der Waals surface area contributed by atoms with Gasteiger partial charge >= 0.3 is 0 Å². The van der Waals surface area contributed by atoms with Gasteiger partial charge in [0.2, 0.25) is 5.91 Å². The van der Waals surface area contributed by atoms with Crippen molar-refractivity contribution in [2.75, 3.05) is 0 Å². The molecule has 2 fully saturated rings. The first-order valence-corrected chi connectivity index (χ1v) is 8.64. The van der Waals surface area contributed by atoms with Crippen LogP contribution in [0.5, 0.6) is 0 Å². The topological polar surface area (TPSA) is 29.1 Å². The highest BCUT2D eigenvalue weighted by Crippen LogP contribution is 2.32. The van der Waals surface area contributed by atoms with Gasteiger partial charge in [0.05, 0.1) is 5.92 Å². The molecule has 2 heteroatoms. The second-order valence-corrected chi connectivity index (χ2v) is 6.86. The van der Waals surface area contributed by atoms with Crippen LogP contribution in [0.1, 0.15) is 81.3 Å². The van der Waals surface area contributed by atoms with E-state index in [0.29, 0.717) is 6.04 Å². The zero-order valence-electron chi connectivity index (χ0n) is 13.1. The third-order valence-corrected chi connectivity index (χ3v) is 5.08. The largest absolute Gasteiger partial charge is 0.353 e. The van der Waals surface area contributed by atoms with E-state index < -0.39 is 0 Å². The summed E-state index contributed by atoms with van der Waals surface area (Å²) in [6, 6.07) is 9.29. The van der Waals surface area contributed by atoms with Gasteiger partial charge in [-0.05, 0) is 49.7 Å². The maximum atomic E-state index is 12.1. The molecule has 0 aromatic heterocycles. The van der Waals surface area contributed by atoms with E-state index in [1.165, 1.54) is 44.1 Å². The van der Waals surface area contributed by atoms with Crippen LogP contribution < -0.4 is 5.32 Å². The van der Waals surface area contributed by atoms with Gasteiger partial charge in [-0.2, -0.15) is 0 Å². The van der Waals surface area contributed by atoms with Gasteiger partial charge in [-0.15, -0.1) is 0 Å². The molecule has 2 aliphatic rings. The van der Waals surface area contributed by atoms with Crippen molar-refractivity contribution in [3.8, 4) is 0 Å². The molecule has 2 aliphatic carbocycles. The van der Waals surface area contributed by atoms with Gasteiger partial charge in [0, 0.05) is 6.04 Å². The van der Waals surface area contributed by atoms with Gasteiger partial charge in [-0.3, -0.25) is 4.79 Å². The Balaban J connectivity index is 1.63. The zero-order valence-corrected chi connectivity index (χ0v) is 13.1. The first-order chi connectivity index (χ1) is 10.2. The molecule has 0 radical (unpaired) electrons. The highest BCUT2D eigenvalue weighted by molar-refractivity contribution is 5.83. The lowest BCUT2D eigenvalue weighted by atomic mass is 9.89. The van der Waals surface area contributed by atoms with Crippen molar-refractivity contribution >= 4 is 5.91 Å². The first-order valence-electron chi connectivity index (χ1n) is 8.64. The minimum atomic E-state index is -0.0335. The van der Waals surface area contributed by atoms with Crippen molar-refractivity contribution in [2.24, 2.45) is 0 Å². The molecule has 2 saturated carbocycles. The lowest BCUT2D eigenvalue weighted by Gasteiger charge is -2.17. The smallest absolute Gasteiger partial charge is 0.227 e. The van der Waals surface area contributed by atoms with Crippen LogP contribution in [0.4, 0.5) is 0 Å². The quantitative estimate of drug-likeness (QED) is 0.810. The van der Waals surface area contributed by atoms with E-state index in [1.54, 1.807) is 0 Å². The Bertz CT molecular complexity index is 467. The maximum Gasteiger partial charge on any atom is 0.227 e. The predicted octanol–water partition coefficient (Wildman–Crippen LogP) is 4.51. The van der Waals surface area contributed by atoms with Crippen LogP contribution in [-0.2, 0) is 4.79 Å². The number of hydrogen-bond donors (Lipinski definition) is 1. The number of carbonyl (C=O) groups is 1. The molecule has 0 bridgehead atoms. The van der Waals surface area contributed by atoms with Gasteiger partial charge < -0.3 is 5.32 Å². The van der Waals surface area contributed by atoms with Crippen molar-refractivity contribution in [1.82, 2.24) is 5.32 Å². The van der Waals surface area contributed by atoms with Gasteiger partial charge in [0.15, 0.2) is 0 Å². The molecular weight excluding hydrogens is 258 g/mol. The Kier molecular flexibility index (Phi) is 4.62. The maximum absolute atomic E-state index is 12.1. The Labute approximate surface area is 128 Å². The van der Waals surface area contributed by atoms with E-state index in [4.69, 9.17) is 0 Å². The fourth-order valence-corrected chi connectivity index (χ4v) is 3.37. The number of amides is 1. The van der Waals surface area contributed by atoms with E-state index >= 15 is 0 Å². The van der Waals surface area contributed by atoms with Gasteiger partial charge in [0.25, 0.3) is 0 Å². The standard InChI is InChI=1S/C19H27NO/c1-14(19(21)20-18-12-13-18)15-8-10-17(11-9-15)16-6-4-2-3-5-7-16/h8-11,14,16,18H,2-7,12-13H2,1H3,(H,20,21). The molecule has 1 aromatic rings. The van der Waals surface area contributed by atoms with Gasteiger partial charge in [-0.1, -0.05) is 49.9 Å². The summed E-state index contributed by atoms with van der Waals surface area (Å²) >= 11 is 0. The summed E-state index contributed by atoms with van der Waals surface area (Å²) in [5.74, 6) is 0.880. The molecule has 0 spiro atoms. The molecule has 2 nitrogen and oxygen atoms in total. The van der Waals surface area contributed by atoms with Crippen molar-refractivity contribution in [1.29, 1.82) is 0 Å². The minimum Gasteiger partial charge on any atom is -0.353 e. The molecule has 1 N–H and O–H groups in total. The van der Waals surface area contributed by atoms with Crippen LogP contribution in [0.2, 0.25) is 0 Å². The average Bonchev–Trinajstić information content (AvgIpc) is 3.33. The number of benzene rings is 1. The number of rotatable bonds is 4. The molecule has 1 aromatic carbocycles. The summed E-state index contributed by atoms with van der Waals surface area (Å²) in [6.45, 7) is 2.01. The second kappa shape index (κ2) is 6.64. The fourth-order valence-electron chi connectivity index (χ4n) is 3.37. The first kappa shape index (κ1) is 14.6. The summed E-state index contributed by atoms with van der Waals surface area (Å²) in [5, 5.41) is 3.10. The molecule has 1 atom stereocenters. The molecule has 21 heavy (non-hydrogen) atoms. The van der Waals surface area contributed by atoms with Gasteiger partial charge in [-0.25, -0.2) is 0 Å². The van der Waals surface area contributed by atoms with Crippen molar-refractivity contribution in [2.45, 2.75) is 76.2 Å². The lowest BCUT2D eigenvalue weighted by molar-refractivity contribution is -0.122.